The summed E-state index contributed by atoms with van der Waals surface area (Å²) in [4.78, 5) is 21.1. The number of nitrogens with one attached hydrogen (secondary N) is 1. The number of hydrogen-bond donors (Lipinski definition) is 3. The highest BCUT2D eigenvalue weighted by Crippen LogP contribution is 2.26. The quantitative estimate of drug-likeness (QED) is 0.482. The van der Waals surface area contributed by atoms with E-state index in [0.29, 0.717) is 6.42 Å². The summed E-state index contributed by atoms with van der Waals surface area (Å²) in [7, 11) is 1.48. The molecule has 0 fully saturated rings. The van der Waals surface area contributed by atoms with Crippen molar-refractivity contribution in [3.05, 3.63) is 33.9 Å². The predicted molar refractivity (Wildman–Crippen MR) is 71.0 cm³/mol. The van der Waals surface area contributed by atoms with Crippen LogP contribution in [-0.4, -0.2) is 47.5 Å². The maximum atomic E-state index is 11.0. The molecule has 1 unspecified atom stereocenters. The molecule has 0 spiro atoms. The Hall–Kier alpha value is -2.19. The van der Waals surface area contributed by atoms with Crippen LogP contribution in [-0.2, 0) is 4.74 Å². The Bertz CT molecular complexity index is 485. The first-order valence-corrected chi connectivity index (χ1v) is 5.87. The second kappa shape index (κ2) is 7.41. The summed E-state index contributed by atoms with van der Waals surface area (Å²) in [6, 6.07) is 3.30. The van der Waals surface area contributed by atoms with Gasteiger partial charge in [0.1, 0.15) is 5.69 Å². The minimum Gasteiger partial charge on any atom is -0.478 e. The number of hydrogen-bond acceptors (Lipinski definition) is 6. The number of nitro benzene ring substituents is 1. The molecule has 8 nitrogen and oxygen atoms in total. The zero-order chi connectivity index (χ0) is 15.1. The summed E-state index contributed by atoms with van der Waals surface area (Å²) < 4.78 is 4.95. The molecule has 3 N–H and O–H groups in total. The molecule has 1 aromatic carbocycles. The number of carbonyl (C=O) groups is 1. The summed E-state index contributed by atoms with van der Waals surface area (Å²) in [6.07, 6.45) is 0.353. The average molecular weight is 284 g/mol. The van der Waals surface area contributed by atoms with Crippen molar-refractivity contribution in [2.45, 2.75) is 12.5 Å². The van der Waals surface area contributed by atoms with E-state index < -0.39 is 10.9 Å². The van der Waals surface area contributed by atoms with Gasteiger partial charge in [0.25, 0.3) is 5.69 Å². The lowest BCUT2D eigenvalue weighted by Crippen LogP contribution is -2.26. The van der Waals surface area contributed by atoms with Crippen molar-refractivity contribution in [1.82, 2.24) is 0 Å². The van der Waals surface area contributed by atoms with Crippen LogP contribution >= 0.6 is 0 Å². The number of carboxylic acid groups (broad SMARTS) is 1. The van der Waals surface area contributed by atoms with Crippen LogP contribution in [0.15, 0.2) is 18.2 Å². The van der Waals surface area contributed by atoms with Gasteiger partial charge in [-0.3, -0.25) is 10.1 Å². The van der Waals surface area contributed by atoms with E-state index in [2.05, 4.69) is 5.32 Å². The van der Waals surface area contributed by atoms with Crippen LogP contribution in [0, 0.1) is 10.1 Å². The Labute approximate surface area is 115 Å². The van der Waals surface area contributed by atoms with Crippen LogP contribution in [0.25, 0.3) is 0 Å². The largest absolute Gasteiger partial charge is 0.478 e. The predicted octanol–water partition coefficient (Wildman–Crippen LogP) is 1.10. The second-order valence-electron chi connectivity index (χ2n) is 4.10. The summed E-state index contributed by atoms with van der Waals surface area (Å²) in [5, 5.41) is 31.6. The van der Waals surface area contributed by atoms with Crippen molar-refractivity contribution in [2.75, 3.05) is 25.6 Å². The molecule has 110 valence electrons. The topological polar surface area (TPSA) is 122 Å². The molecule has 0 amide bonds. The molecule has 0 saturated carbocycles. The molecule has 1 atom stereocenters. The number of aliphatic hydroxyl groups excluding tert-OH is 1. The van der Waals surface area contributed by atoms with Gasteiger partial charge in [-0.1, -0.05) is 0 Å². The fourth-order valence-electron chi connectivity index (χ4n) is 1.71. The highest BCUT2D eigenvalue weighted by atomic mass is 16.6. The molecular formula is C12H16N2O6. The molecule has 0 heterocycles. The smallest absolute Gasteiger partial charge is 0.335 e. The molecule has 8 heteroatoms. The van der Waals surface area contributed by atoms with Crippen LogP contribution < -0.4 is 5.32 Å². The van der Waals surface area contributed by atoms with Gasteiger partial charge in [-0.25, -0.2) is 4.79 Å². The monoisotopic (exact) mass is 284 g/mol. The SMILES string of the molecule is COCC(CCO)Nc1ccc(C(=O)O)cc1[N+](=O)[O-]. The van der Waals surface area contributed by atoms with Crippen molar-refractivity contribution in [2.24, 2.45) is 0 Å². The number of aliphatic hydroxyl groups is 1. The number of anilines is 1. The van der Waals surface area contributed by atoms with Gasteiger partial charge in [-0.15, -0.1) is 0 Å². The van der Waals surface area contributed by atoms with Crippen molar-refractivity contribution in [3.63, 3.8) is 0 Å². The average Bonchev–Trinajstić information content (AvgIpc) is 2.39. The summed E-state index contributed by atoms with van der Waals surface area (Å²) >= 11 is 0. The van der Waals surface area contributed by atoms with Crippen molar-refractivity contribution >= 4 is 17.3 Å². The molecule has 0 radical (unpaired) electrons. The van der Waals surface area contributed by atoms with Gasteiger partial charge in [-0.2, -0.15) is 0 Å². The Morgan fingerprint density at radius 3 is 2.75 bits per heavy atom. The highest BCUT2D eigenvalue weighted by molar-refractivity contribution is 5.89. The first-order chi connectivity index (χ1) is 9.49. The number of benzene rings is 1. The van der Waals surface area contributed by atoms with Crippen LogP contribution in [0.3, 0.4) is 0 Å². The number of nitro groups is 1. The summed E-state index contributed by atoms with van der Waals surface area (Å²) in [6.45, 7) is 0.167. The Balaban J connectivity index is 3.03. The fourth-order valence-corrected chi connectivity index (χ4v) is 1.71. The van der Waals surface area contributed by atoms with Gasteiger partial charge in [0, 0.05) is 19.8 Å². The number of carboxylic acids is 1. The normalized spacial score (nSPS) is 11.9. The molecule has 20 heavy (non-hydrogen) atoms. The number of methoxy groups -OCH3 is 1. The van der Waals surface area contributed by atoms with E-state index in [1.807, 2.05) is 0 Å². The van der Waals surface area contributed by atoms with Gasteiger partial charge < -0.3 is 20.3 Å². The van der Waals surface area contributed by atoms with E-state index in [0.717, 1.165) is 6.07 Å². The van der Waals surface area contributed by atoms with Crippen LogP contribution in [0.5, 0.6) is 0 Å². The first-order valence-electron chi connectivity index (χ1n) is 5.87. The van der Waals surface area contributed by atoms with E-state index in [1.54, 1.807) is 0 Å². The molecule has 1 rings (SSSR count). The van der Waals surface area contributed by atoms with Crippen LogP contribution in [0.4, 0.5) is 11.4 Å². The van der Waals surface area contributed by atoms with E-state index in [9.17, 15) is 14.9 Å². The lowest BCUT2D eigenvalue weighted by atomic mass is 10.1. The minimum absolute atomic E-state index is 0.0952. The molecule has 0 aliphatic rings. The van der Waals surface area contributed by atoms with Crippen LogP contribution in [0.2, 0.25) is 0 Å². The number of ether oxygens (including phenoxy) is 1. The van der Waals surface area contributed by atoms with Crippen molar-refractivity contribution in [1.29, 1.82) is 0 Å². The molecular weight excluding hydrogens is 268 g/mol. The Morgan fingerprint density at radius 2 is 2.25 bits per heavy atom. The lowest BCUT2D eigenvalue weighted by molar-refractivity contribution is -0.384. The second-order valence-corrected chi connectivity index (χ2v) is 4.10. The summed E-state index contributed by atoms with van der Waals surface area (Å²) in [5.74, 6) is -1.23. The molecule has 0 aliphatic heterocycles. The zero-order valence-electron chi connectivity index (χ0n) is 10.9. The zero-order valence-corrected chi connectivity index (χ0v) is 10.9. The van der Waals surface area contributed by atoms with Gasteiger partial charge in [0.05, 0.1) is 23.1 Å². The van der Waals surface area contributed by atoms with Gasteiger partial charge in [-0.05, 0) is 18.6 Å². The Kier molecular flexibility index (Phi) is 5.88. The van der Waals surface area contributed by atoms with E-state index in [-0.39, 0.29) is 36.2 Å². The molecule has 0 aliphatic carbocycles. The van der Waals surface area contributed by atoms with E-state index >= 15 is 0 Å². The Morgan fingerprint density at radius 1 is 1.55 bits per heavy atom. The number of aromatic carboxylic acids is 1. The van der Waals surface area contributed by atoms with Gasteiger partial charge in [0.15, 0.2) is 0 Å². The third-order valence-electron chi connectivity index (χ3n) is 2.65. The highest BCUT2D eigenvalue weighted by Gasteiger charge is 2.19. The first kappa shape index (κ1) is 15.9. The van der Waals surface area contributed by atoms with E-state index in [1.165, 1.54) is 19.2 Å². The third-order valence-corrected chi connectivity index (χ3v) is 2.65. The van der Waals surface area contributed by atoms with Gasteiger partial charge >= 0.3 is 5.97 Å². The van der Waals surface area contributed by atoms with Gasteiger partial charge in [0.2, 0.25) is 0 Å². The summed E-state index contributed by atoms with van der Waals surface area (Å²) in [5.41, 5.74) is -0.299. The lowest BCUT2D eigenvalue weighted by Gasteiger charge is -2.18. The molecule has 0 saturated heterocycles. The molecule has 1 aromatic rings. The van der Waals surface area contributed by atoms with Crippen molar-refractivity contribution < 1.29 is 24.7 Å². The molecule has 0 aromatic heterocycles. The maximum Gasteiger partial charge on any atom is 0.335 e. The standard InChI is InChI=1S/C12H16N2O6/c1-20-7-9(4-5-15)13-10-3-2-8(12(16)17)6-11(10)14(18)19/h2-3,6,9,13,15H,4-5,7H2,1H3,(H,16,17). The van der Waals surface area contributed by atoms with Crippen molar-refractivity contribution in [3.8, 4) is 0 Å². The van der Waals surface area contributed by atoms with Crippen LogP contribution in [0.1, 0.15) is 16.8 Å². The van der Waals surface area contributed by atoms with E-state index in [4.69, 9.17) is 14.9 Å². The molecule has 0 bridgehead atoms. The number of rotatable bonds is 8. The fraction of sp³-hybridized carbons (Fsp3) is 0.417. The maximum absolute atomic E-state index is 11.0. The minimum atomic E-state index is -1.23. The number of nitrogens with zero attached hydrogens (tertiary/aromatic N) is 1. The third kappa shape index (κ3) is 4.18.